The molecule has 2 aliphatic heterocycles. The lowest BCUT2D eigenvalue weighted by atomic mass is 9.78. The second-order valence-electron chi connectivity index (χ2n) is 9.63. The Morgan fingerprint density at radius 2 is 1.88 bits per heavy atom. The van der Waals surface area contributed by atoms with Gasteiger partial charge in [-0.3, -0.25) is 14.5 Å². The summed E-state index contributed by atoms with van der Waals surface area (Å²) in [5.74, 6) is 0.840. The smallest absolute Gasteiger partial charge is 0.325 e. The number of nitrogens with one attached hydrogen (secondary N) is 1. The number of nitrogens with zero attached hydrogens (tertiary/aromatic N) is 2. The predicted octanol–water partition coefficient (Wildman–Crippen LogP) is 3.68. The summed E-state index contributed by atoms with van der Waals surface area (Å²) in [5.41, 5.74) is 1.41. The molecule has 0 saturated carbocycles. The number of amides is 4. The van der Waals surface area contributed by atoms with Gasteiger partial charge in [0.1, 0.15) is 11.3 Å². The fraction of sp³-hybridized carbons (Fsp3) is 0.577. The predicted molar refractivity (Wildman–Crippen MR) is 126 cm³/mol. The molecule has 2 fully saturated rings. The zero-order valence-corrected chi connectivity index (χ0v) is 19.8. The van der Waals surface area contributed by atoms with Crippen LogP contribution in [0, 0.1) is 5.92 Å². The van der Waals surface area contributed by atoms with Gasteiger partial charge < -0.3 is 15.0 Å². The van der Waals surface area contributed by atoms with Crippen molar-refractivity contribution in [1.29, 1.82) is 0 Å². The Hall–Kier alpha value is -2.83. The van der Waals surface area contributed by atoms with Crippen molar-refractivity contribution in [2.75, 3.05) is 26.7 Å². The average molecular weight is 454 g/mol. The largest absolute Gasteiger partial charge is 0.497 e. The molecule has 7 heteroatoms. The number of imide groups is 1. The number of carbonyl (C=O) groups excluding carboxylic acids is 3. The minimum Gasteiger partial charge on any atom is -0.497 e. The molecule has 4 rings (SSSR count). The molecular weight excluding hydrogens is 418 g/mol. The summed E-state index contributed by atoms with van der Waals surface area (Å²) in [4.78, 5) is 41.9. The highest BCUT2D eigenvalue weighted by Crippen LogP contribution is 2.34. The Morgan fingerprint density at radius 1 is 1.15 bits per heavy atom. The Kier molecular flexibility index (Phi) is 7.05. The molecule has 1 aromatic rings. The van der Waals surface area contributed by atoms with Crippen LogP contribution < -0.4 is 10.1 Å². The second kappa shape index (κ2) is 9.98. The van der Waals surface area contributed by atoms with Crippen LogP contribution in [-0.2, 0) is 16.0 Å². The third kappa shape index (κ3) is 5.07. The van der Waals surface area contributed by atoms with Crippen molar-refractivity contribution in [3.8, 4) is 5.75 Å². The van der Waals surface area contributed by atoms with Crippen molar-refractivity contribution in [3.05, 3.63) is 41.5 Å². The molecule has 1 aromatic carbocycles. The maximum absolute atomic E-state index is 13.3. The summed E-state index contributed by atoms with van der Waals surface area (Å²) in [6.45, 7) is 3.47. The number of benzene rings is 1. The van der Waals surface area contributed by atoms with E-state index >= 15 is 0 Å². The molecule has 0 bridgehead atoms. The number of hydrogen-bond acceptors (Lipinski definition) is 4. The van der Waals surface area contributed by atoms with Crippen LogP contribution >= 0.6 is 0 Å². The molecule has 0 unspecified atom stereocenters. The number of urea groups is 1. The van der Waals surface area contributed by atoms with Gasteiger partial charge in [-0.2, -0.15) is 0 Å². The minimum atomic E-state index is -0.905. The molecule has 4 amide bonds. The standard InChI is InChI=1S/C26H35N3O4/c1-26(21-13-15-28(16-14-21)23(30)18-20-6-4-3-5-7-20)24(31)29(25(32)27-26)17-12-19-8-10-22(33-2)11-9-19/h6,8-11,21H,3-5,7,12-18H2,1-2H3,(H,27,32)/t26-/m1/s1. The topological polar surface area (TPSA) is 79.0 Å². The molecule has 0 spiro atoms. The molecule has 2 heterocycles. The van der Waals surface area contributed by atoms with E-state index in [0.29, 0.717) is 32.5 Å². The van der Waals surface area contributed by atoms with Gasteiger partial charge in [-0.1, -0.05) is 23.8 Å². The summed E-state index contributed by atoms with van der Waals surface area (Å²) in [5, 5.41) is 2.97. The van der Waals surface area contributed by atoms with Crippen molar-refractivity contribution >= 4 is 17.8 Å². The van der Waals surface area contributed by atoms with Crippen molar-refractivity contribution in [3.63, 3.8) is 0 Å². The fourth-order valence-corrected chi connectivity index (χ4v) is 5.31. The van der Waals surface area contributed by atoms with Crippen LogP contribution in [-0.4, -0.2) is 59.9 Å². The number of likely N-dealkylation sites (tertiary alicyclic amines) is 1. The van der Waals surface area contributed by atoms with Gasteiger partial charge in [0.25, 0.3) is 5.91 Å². The van der Waals surface area contributed by atoms with Crippen LogP contribution in [0.4, 0.5) is 4.79 Å². The lowest BCUT2D eigenvalue weighted by molar-refractivity contribution is -0.135. The van der Waals surface area contributed by atoms with Crippen molar-refractivity contribution in [2.24, 2.45) is 5.92 Å². The molecule has 178 valence electrons. The highest BCUT2D eigenvalue weighted by molar-refractivity contribution is 6.07. The molecule has 1 atom stereocenters. The van der Waals surface area contributed by atoms with Gasteiger partial charge in [-0.05, 0) is 75.5 Å². The quantitative estimate of drug-likeness (QED) is 0.505. The van der Waals surface area contributed by atoms with E-state index in [1.165, 1.54) is 23.3 Å². The first kappa shape index (κ1) is 23.3. The first-order chi connectivity index (χ1) is 15.9. The maximum Gasteiger partial charge on any atom is 0.325 e. The van der Waals surface area contributed by atoms with E-state index in [9.17, 15) is 14.4 Å². The SMILES string of the molecule is COc1ccc(CCN2C(=O)N[C@](C)(C3CCN(C(=O)CC4=CCCCC4)CC3)C2=O)cc1. The third-order valence-electron chi connectivity index (χ3n) is 7.51. The number of rotatable bonds is 7. The lowest BCUT2D eigenvalue weighted by Crippen LogP contribution is -2.54. The first-order valence-electron chi connectivity index (χ1n) is 12.1. The monoisotopic (exact) mass is 453 g/mol. The molecule has 3 aliphatic rings. The third-order valence-corrected chi connectivity index (χ3v) is 7.51. The molecule has 2 saturated heterocycles. The Bertz CT molecular complexity index is 918. The van der Waals surface area contributed by atoms with Gasteiger partial charge in [0.15, 0.2) is 0 Å². The zero-order valence-electron chi connectivity index (χ0n) is 19.8. The van der Waals surface area contributed by atoms with Crippen LogP contribution in [0.1, 0.15) is 57.4 Å². The van der Waals surface area contributed by atoms with Gasteiger partial charge in [-0.25, -0.2) is 4.79 Å². The molecule has 1 aliphatic carbocycles. The van der Waals surface area contributed by atoms with Crippen molar-refractivity contribution < 1.29 is 19.1 Å². The Balaban J connectivity index is 1.31. The van der Waals surface area contributed by atoms with Gasteiger partial charge in [0.2, 0.25) is 5.91 Å². The van der Waals surface area contributed by atoms with Crippen LogP contribution in [0.5, 0.6) is 5.75 Å². The van der Waals surface area contributed by atoms with Crippen molar-refractivity contribution in [2.45, 2.75) is 63.8 Å². The van der Waals surface area contributed by atoms with Crippen LogP contribution in [0.2, 0.25) is 0 Å². The Labute approximate surface area is 196 Å². The van der Waals surface area contributed by atoms with Crippen LogP contribution in [0.25, 0.3) is 0 Å². The van der Waals surface area contributed by atoms with E-state index in [1.807, 2.05) is 36.1 Å². The summed E-state index contributed by atoms with van der Waals surface area (Å²) < 4.78 is 5.18. The van der Waals surface area contributed by atoms with Crippen LogP contribution in [0.3, 0.4) is 0 Å². The normalized spacial score (nSPS) is 24.0. The maximum atomic E-state index is 13.3. The number of carbonyl (C=O) groups is 3. The van der Waals surface area contributed by atoms with Gasteiger partial charge in [-0.15, -0.1) is 0 Å². The number of methoxy groups -OCH3 is 1. The van der Waals surface area contributed by atoms with E-state index in [2.05, 4.69) is 11.4 Å². The summed E-state index contributed by atoms with van der Waals surface area (Å²) in [6, 6.07) is 7.34. The van der Waals surface area contributed by atoms with Crippen LogP contribution in [0.15, 0.2) is 35.9 Å². The summed E-state index contributed by atoms with van der Waals surface area (Å²) in [7, 11) is 1.62. The Morgan fingerprint density at radius 3 is 2.52 bits per heavy atom. The number of allylic oxidation sites excluding steroid dienone is 1. The second-order valence-corrected chi connectivity index (χ2v) is 9.63. The molecule has 33 heavy (non-hydrogen) atoms. The number of ether oxygens (including phenoxy) is 1. The fourth-order valence-electron chi connectivity index (χ4n) is 5.31. The highest BCUT2D eigenvalue weighted by Gasteiger charge is 2.52. The van der Waals surface area contributed by atoms with E-state index in [-0.39, 0.29) is 23.8 Å². The minimum absolute atomic E-state index is 0.0258. The molecule has 1 N–H and O–H groups in total. The number of piperidine rings is 1. The first-order valence-corrected chi connectivity index (χ1v) is 12.1. The highest BCUT2D eigenvalue weighted by atomic mass is 16.5. The molecule has 0 aromatic heterocycles. The van der Waals surface area contributed by atoms with E-state index in [1.54, 1.807) is 7.11 Å². The van der Waals surface area contributed by atoms with Gasteiger partial charge in [0, 0.05) is 26.1 Å². The zero-order chi connectivity index (χ0) is 23.4. The van der Waals surface area contributed by atoms with E-state index < -0.39 is 5.54 Å². The van der Waals surface area contributed by atoms with Gasteiger partial charge >= 0.3 is 6.03 Å². The van der Waals surface area contributed by atoms with E-state index in [0.717, 1.165) is 37.0 Å². The number of hydrogen-bond donors (Lipinski definition) is 1. The van der Waals surface area contributed by atoms with Crippen molar-refractivity contribution in [1.82, 2.24) is 15.1 Å². The van der Waals surface area contributed by atoms with Gasteiger partial charge in [0.05, 0.1) is 7.11 Å². The summed E-state index contributed by atoms with van der Waals surface area (Å²) >= 11 is 0. The molecular formula is C26H35N3O4. The lowest BCUT2D eigenvalue weighted by Gasteiger charge is -2.39. The average Bonchev–Trinajstić information content (AvgIpc) is 3.07. The summed E-state index contributed by atoms with van der Waals surface area (Å²) in [6.07, 6.45) is 9.31. The molecule has 7 nitrogen and oxygen atoms in total. The molecule has 0 radical (unpaired) electrons. The van der Waals surface area contributed by atoms with E-state index in [4.69, 9.17) is 4.74 Å².